The molecule has 0 bridgehead atoms. The highest BCUT2D eigenvalue weighted by Gasteiger charge is 2.06. The molecule has 0 amide bonds. The van der Waals surface area contributed by atoms with Crippen molar-refractivity contribution in [3.8, 4) is 18.1 Å². The van der Waals surface area contributed by atoms with E-state index in [0.29, 0.717) is 35.6 Å². The Kier molecular flexibility index (Phi) is 4.03. The zero-order valence-corrected chi connectivity index (χ0v) is 8.25. The summed E-state index contributed by atoms with van der Waals surface area (Å²) in [6, 6.07) is 5.00. The number of benzene rings is 1. The summed E-state index contributed by atoms with van der Waals surface area (Å²) in [7, 11) is 0. The maximum absolute atomic E-state index is 10.6. The first-order valence-electron chi connectivity index (χ1n) is 4.09. The summed E-state index contributed by atoms with van der Waals surface area (Å²) < 4.78 is 5.29. The minimum absolute atomic E-state index is 0.362. The topological polar surface area (TPSA) is 26.3 Å². The van der Waals surface area contributed by atoms with E-state index in [1.165, 1.54) is 0 Å². The largest absolute Gasteiger partial charge is 0.490 e. The van der Waals surface area contributed by atoms with E-state index in [0.717, 1.165) is 0 Å². The highest BCUT2D eigenvalue weighted by Crippen LogP contribution is 2.27. The number of hydrogen-bond donors (Lipinski definition) is 0. The first-order chi connectivity index (χ1) is 6.79. The Morgan fingerprint density at radius 2 is 2.36 bits per heavy atom. The van der Waals surface area contributed by atoms with E-state index in [-0.39, 0.29) is 0 Å². The molecule has 1 aromatic carbocycles. The molecule has 0 saturated carbocycles. The molecule has 72 valence electrons. The summed E-state index contributed by atoms with van der Waals surface area (Å²) in [6.07, 6.45) is 6.26. The third-order valence-corrected chi connectivity index (χ3v) is 1.91. The molecule has 2 nitrogen and oxygen atoms in total. The van der Waals surface area contributed by atoms with E-state index in [2.05, 4.69) is 5.92 Å². The Morgan fingerprint density at radius 1 is 1.57 bits per heavy atom. The Morgan fingerprint density at radius 3 is 3.00 bits per heavy atom. The second-order valence-electron chi connectivity index (χ2n) is 2.58. The van der Waals surface area contributed by atoms with Crippen LogP contribution in [0.1, 0.15) is 16.8 Å². The monoisotopic (exact) mass is 208 g/mol. The van der Waals surface area contributed by atoms with Gasteiger partial charge in [0.1, 0.15) is 5.75 Å². The quantitative estimate of drug-likeness (QED) is 0.432. The number of aldehydes is 1. The normalized spacial score (nSPS) is 9.14. The maximum atomic E-state index is 10.6. The van der Waals surface area contributed by atoms with Crippen molar-refractivity contribution in [1.29, 1.82) is 0 Å². The van der Waals surface area contributed by atoms with Crippen molar-refractivity contribution >= 4 is 17.9 Å². The van der Waals surface area contributed by atoms with Gasteiger partial charge in [0.15, 0.2) is 6.29 Å². The molecule has 0 saturated heterocycles. The minimum Gasteiger partial charge on any atom is -0.490 e. The second kappa shape index (κ2) is 5.31. The fraction of sp³-hybridized carbons (Fsp3) is 0.182. The van der Waals surface area contributed by atoms with Gasteiger partial charge in [-0.2, -0.15) is 0 Å². The van der Waals surface area contributed by atoms with Crippen LogP contribution in [0.15, 0.2) is 18.2 Å². The summed E-state index contributed by atoms with van der Waals surface area (Å²) in [6.45, 7) is 0.362. The van der Waals surface area contributed by atoms with Crippen LogP contribution < -0.4 is 4.74 Å². The molecule has 1 aromatic rings. The van der Waals surface area contributed by atoms with Crippen LogP contribution >= 0.6 is 11.6 Å². The average Bonchev–Trinajstić information content (AvgIpc) is 2.20. The molecule has 3 heteroatoms. The van der Waals surface area contributed by atoms with E-state index in [4.69, 9.17) is 22.8 Å². The first-order valence-corrected chi connectivity index (χ1v) is 4.47. The smallest absolute Gasteiger partial charge is 0.153 e. The highest BCUT2D eigenvalue weighted by atomic mass is 35.5. The molecule has 0 heterocycles. The van der Waals surface area contributed by atoms with E-state index >= 15 is 0 Å². The van der Waals surface area contributed by atoms with Crippen molar-refractivity contribution in [3.05, 3.63) is 28.8 Å². The molecule has 1 rings (SSSR count). The molecular formula is C11H9ClO2. The number of ether oxygens (including phenoxy) is 1. The fourth-order valence-electron chi connectivity index (χ4n) is 0.983. The van der Waals surface area contributed by atoms with Gasteiger partial charge in [-0.15, -0.1) is 12.3 Å². The zero-order chi connectivity index (χ0) is 10.4. The van der Waals surface area contributed by atoms with Crippen LogP contribution in [0.25, 0.3) is 0 Å². The molecule has 0 aliphatic rings. The molecule has 0 aromatic heterocycles. The van der Waals surface area contributed by atoms with Gasteiger partial charge in [0.2, 0.25) is 0 Å². The molecule has 0 aliphatic carbocycles. The lowest BCUT2D eigenvalue weighted by Gasteiger charge is -2.08. The highest BCUT2D eigenvalue weighted by molar-refractivity contribution is 6.32. The average molecular weight is 209 g/mol. The van der Waals surface area contributed by atoms with Crippen LogP contribution in [0.5, 0.6) is 5.75 Å². The van der Waals surface area contributed by atoms with Gasteiger partial charge in [-0.1, -0.05) is 17.7 Å². The summed E-state index contributed by atoms with van der Waals surface area (Å²) in [5.41, 5.74) is 0.439. The molecule has 0 unspecified atom stereocenters. The lowest BCUT2D eigenvalue weighted by Crippen LogP contribution is -1.99. The lowest BCUT2D eigenvalue weighted by atomic mass is 10.2. The van der Waals surface area contributed by atoms with Crippen molar-refractivity contribution in [2.45, 2.75) is 6.42 Å². The van der Waals surface area contributed by atoms with Gasteiger partial charge in [0.25, 0.3) is 0 Å². The van der Waals surface area contributed by atoms with E-state index in [1.54, 1.807) is 18.2 Å². The van der Waals surface area contributed by atoms with Crippen LogP contribution in [0.2, 0.25) is 5.02 Å². The summed E-state index contributed by atoms with van der Waals surface area (Å²) in [5.74, 6) is 2.84. The van der Waals surface area contributed by atoms with Gasteiger partial charge in [-0.25, -0.2) is 0 Å². The third kappa shape index (κ3) is 2.51. The second-order valence-corrected chi connectivity index (χ2v) is 2.99. The van der Waals surface area contributed by atoms with E-state index in [9.17, 15) is 4.79 Å². The molecule has 14 heavy (non-hydrogen) atoms. The van der Waals surface area contributed by atoms with Crippen LogP contribution in [0.4, 0.5) is 0 Å². The zero-order valence-electron chi connectivity index (χ0n) is 7.50. The van der Waals surface area contributed by atoms with Crippen LogP contribution in [-0.2, 0) is 0 Å². The van der Waals surface area contributed by atoms with Crippen molar-refractivity contribution in [3.63, 3.8) is 0 Å². The van der Waals surface area contributed by atoms with E-state index < -0.39 is 0 Å². The van der Waals surface area contributed by atoms with Crippen molar-refractivity contribution in [2.24, 2.45) is 0 Å². The summed E-state index contributed by atoms with van der Waals surface area (Å²) in [5, 5.41) is 0.423. The first kappa shape index (κ1) is 10.6. The predicted molar refractivity (Wildman–Crippen MR) is 55.8 cm³/mol. The van der Waals surface area contributed by atoms with Crippen LogP contribution in [0, 0.1) is 12.3 Å². The SMILES string of the molecule is C#CCCOc1c(Cl)cccc1C=O. The third-order valence-electron chi connectivity index (χ3n) is 1.62. The van der Waals surface area contributed by atoms with Crippen molar-refractivity contribution in [1.82, 2.24) is 0 Å². The Bertz CT molecular complexity index is 366. The van der Waals surface area contributed by atoms with Gasteiger partial charge >= 0.3 is 0 Å². The standard InChI is InChI=1S/C11H9ClO2/c1-2-3-7-14-11-9(8-13)5-4-6-10(11)12/h1,4-6,8H,3,7H2. The lowest BCUT2D eigenvalue weighted by molar-refractivity contribution is 0.111. The van der Waals surface area contributed by atoms with Crippen LogP contribution in [-0.4, -0.2) is 12.9 Å². The molecule has 0 N–H and O–H groups in total. The number of terminal acetylenes is 1. The van der Waals surface area contributed by atoms with Crippen molar-refractivity contribution < 1.29 is 9.53 Å². The summed E-state index contributed by atoms with van der Waals surface area (Å²) in [4.78, 5) is 10.6. The number of carbonyl (C=O) groups is 1. The van der Waals surface area contributed by atoms with E-state index in [1.807, 2.05) is 0 Å². The molecular weight excluding hydrogens is 200 g/mol. The molecule has 0 aliphatic heterocycles. The fourth-order valence-corrected chi connectivity index (χ4v) is 1.22. The van der Waals surface area contributed by atoms with Gasteiger partial charge in [-0.3, -0.25) is 4.79 Å². The molecule has 0 spiro atoms. The van der Waals surface area contributed by atoms with Gasteiger partial charge in [0, 0.05) is 6.42 Å². The molecule has 0 atom stereocenters. The minimum atomic E-state index is 0.362. The number of para-hydroxylation sites is 1. The number of halogens is 1. The van der Waals surface area contributed by atoms with Gasteiger partial charge in [-0.05, 0) is 12.1 Å². The van der Waals surface area contributed by atoms with Crippen LogP contribution in [0.3, 0.4) is 0 Å². The number of carbonyl (C=O) groups excluding carboxylic acids is 1. The number of rotatable bonds is 4. The molecule has 0 radical (unpaired) electrons. The van der Waals surface area contributed by atoms with Gasteiger partial charge in [0.05, 0.1) is 17.2 Å². The Labute approximate surface area is 87.8 Å². The Balaban J connectivity index is 2.83. The Hall–Kier alpha value is -1.46. The predicted octanol–water partition coefficient (Wildman–Crippen LogP) is 2.55. The van der Waals surface area contributed by atoms with Crippen molar-refractivity contribution in [2.75, 3.05) is 6.61 Å². The molecule has 0 fully saturated rings. The maximum Gasteiger partial charge on any atom is 0.153 e. The number of hydrogen-bond acceptors (Lipinski definition) is 2. The summed E-state index contributed by atoms with van der Waals surface area (Å²) >= 11 is 5.85. The van der Waals surface area contributed by atoms with Gasteiger partial charge < -0.3 is 4.74 Å².